The summed E-state index contributed by atoms with van der Waals surface area (Å²) in [4.78, 5) is 14.7. The van der Waals surface area contributed by atoms with Crippen LogP contribution in [-0.4, -0.2) is 45.6 Å². The van der Waals surface area contributed by atoms with Gasteiger partial charge in [0, 0.05) is 14.2 Å². The average molecular weight is 214 g/mol. The number of aliphatic carboxylic acids is 1. The van der Waals surface area contributed by atoms with E-state index in [0.29, 0.717) is 12.4 Å². The van der Waals surface area contributed by atoms with Gasteiger partial charge in [-0.3, -0.25) is 14.8 Å². The molecule has 7 nitrogen and oxygen atoms in total. The largest absolute Gasteiger partial charge is 0.480 e. The molecule has 1 aromatic heterocycles. The minimum absolute atomic E-state index is 0.113. The average Bonchev–Trinajstić information content (AvgIpc) is 2.58. The molecule has 0 aliphatic rings. The van der Waals surface area contributed by atoms with Gasteiger partial charge in [0.15, 0.2) is 5.82 Å². The number of carboxylic acid groups (broad SMARTS) is 1. The van der Waals surface area contributed by atoms with Crippen molar-refractivity contribution in [2.45, 2.75) is 12.6 Å². The second kappa shape index (κ2) is 5.42. The van der Waals surface area contributed by atoms with E-state index in [0.717, 1.165) is 0 Å². The zero-order valence-electron chi connectivity index (χ0n) is 8.67. The van der Waals surface area contributed by atoms with Gasteiger partial charge < -0.3 is 9.84 Å². The van der Waals surface area contributed by atoms with E-state index in [1.807, 2.05) is 0 Å². The van der Waals surface area contributed by atoms with Crippen molar-refractivity contribution < 1.29 is 14.6 Å². The summed E-state index contributed by atoms with van der Waals surface area (Å²) >= 11 is 0. The van der Waals surface area contributed by atoms with Gasteiger partial charge in [0.2, 0.25) is 0 Å². The van der Waals surface area contributed by atoms with E-state index in [9.17, 15) is 4.79 Å². The molecule has 0 saturated carbocycles. The number of hydrogen-bond donors (Lipinski definition) is 2. The Labute approximate surface area is 87.1 Å². The Kier molecular flexibility index (Phi) is 4.19. The van der Waals surface area contributed by atoms with Crippen LogP contribution < -0.4 is 5.32 Å². The molecule has 0 aliphatic carbocycles. The highest BCUT2D eigenvalue weighted by Crippen LogP contribution is 1.91. The minimum Gasteiger partial charge on any atom is -0.480 e. The second-order valence-corrected chi connectivity index (χ2v) is 3.06. The number of nitrogens with one attached hydrogen (secondary N) is 1. The maximum absolute atomic E-state index is 10.7. The van der Waals surface area contributed by atoms with Crippen LogP contribution >= 0.6 is 0 Å². The number of nitrogens with zero attached hydrogens (tertiary/aromatic N) is 3. The molecule has 2 N–H and O–H groups in total. The Balaban J connectivity index is 2.43. The zero-order chi connectivity index (χ0) is 11.3. The fraction of sp³-hybridized carbons (Fsp3) is 0.625. The summed E-state index contributed by atoms with van der Waals surface area (Å²) < 4.78 is 6.33. The molecule has 1 atom stereocenters. The third-order valence-corrected chi connectivity index (χ3v) is 1.79. The van der Waals surface area contributed by atoms with Crippen LogP contribution in [0.3, 0.4) is 0 Å². The Morgan fingerprint density at radius 3 is 3.00 bits per heavy atom. The predicted molar refractivity (Wildman–Crippen MR) is 51.1 cm³/mol. The molecule has 1 rings (SSSR count). The van der Waals surface area contributed by atoms with E-state index in [1.54, 1.807) is 18.1 Å². The Morgan fingerprint density at radius 2 is 2.53 bits per heavy atom. The molecule has 0 bridgehead atoms. The Morgan fingerprint density at radius 1 is 1.80 bits per heavy atom. The third kappa shape index (κ3) is 3.64. The molecule has 7 heteroatoms. The third-order valence-electron chi connectivity index (χ3n) is 1.79. The lowest BCUT2D eigenvalue weighted by Gasteiger charge is -2.11. The van der Waals surface area contributed by atoms with Crippen molar-refractivity contribution in [2.24, 2.45) is 7.05 Å². The normalized spacial score (nSPS) is 12.7. The van der Waals surface area contributed by atoms with E-state index in [4.69, 9.17) is 9.84 Å². The van der Waals surface area contributed by atoms with Crippen LogP contribution in [0.5, 0.6) is 0 Å². The van der Waals surface area contributed by atoms with Crippen LogP contribution in [0, 0.1) is 0 Å². The lowest BCUT2D eigenvalue weighted by Crippen LogP contribution is -2.40. The van der Waals surface area contributed by atoms with E-state index >= 15 is 0 Å². The maximum Gasteiger partial charge on any atom is 0.323 e. The fourth-order valence-corrected chi connectivity index (χ4v) is 1.06. The van der Waals surface area contributed by atoms with Crippen LogP contribution in [0.1, 0.15) is 5.82 Å². The van der Waals surface area contributed by atoms with Crippen molar-refractivity contribution in [1.29, 1.82) is 0 Å². The molecule has 0 saturated heterocycles. The topological polar surface area (TPSA) is 89.3 Å². The first-order chi connectivity index (χ1) is 7.13. The smallest absolute Gasteiger partial charge is 0.323 e. The highest BCUT2D eigenvalue weighted by Gasteiger charge is 2.16. The molecule has 1 aromatic rings. The van der Waals surface area contributed by atoms with E-state index in [1.165, 1.54) is 7.11 Å². The van der Waals surface area contributed by atoms with Gasteiger partial charge in [0.05, 0.1) is 13.2 Å². The lowest BCUT2D eigenvalue weighted by atomic mass is 10.3. The molecule has 0 aromatic carbocycles. The number of aromatic nitrogens is 3. The molecule has 0 fully saturated rings. The zero-order valence-corrected chi connectivity index (χ0v) is 8.67. The van der Waals surface area contributed by atoms with E-state index in [-0.39, 0.29) is 6.61 Å². The monoisotopic (exact) mass is 214 g/mol. The summed E-state index contributed by atoms with van der Waals surface area (Å²) in [6.45, 7) is 0.420. The Bertz CT molecular complexity index is 325. The van der Waals surface area contributed by atoms with Gasteiger partial charge in [-0.2, -0.15) is 5.10 Å². The molecule has 1 heterocycles. The van der Waals surface area contributed by atoms with Crippen molar-refractivity contribution in [3.63, 3.8) is 0 Å². The van der Waals surface area contributed by atoms with Gasteiger partial charge in [0.1, 0.15) is 12.4 Å². The van der Waals surface area contributed by atoms with Crippen LogP contribution in [0.2, 0.25) is 0 Å². The van der Waals surface area contributed by atoms with Gasteiger partial charge in [0.25, 0.3) is 0 Å². The van der Waals surface area contributed by atoms with Crippen molar-refractivity contribution in [1.82, 2.24) is 20.1 Å². The summed E-state index contributed by atoms with van der Waals surface area (Å²) in [5.74, 6) is -0.396. The standard InChI is InChI=1S/C8H14N4O3/c1-12-5-10-7(11-12)3-9-6(4-15-2)8(13)14/h5-6,9H,3-4H2,1-2H3,(H,13,14). The predicted octanol–water partition coefficient (Wildman–Crippen LogP) is -0.996. The number of hydrogen-bond acceptors (Lipinski definition) is 5. The van der Waals surface area contributed by atoms with Gasteiger partial charge in [-0.25, -0.2) is 4.98 Å². The van der Waals surface area contributed by atoms with E-state index in [2.05, 4.69) is 15.4 Å². The molecule has 0 radical (unpaired) electrons. The number of rotatable bonds is 6. The van der Waals surface area contributed by atoms with E-state index < -0.39 is 12.0 Å². The molecule has 0 spiro atoms. The number of ether oxygens (including phenoxy) is 1. The highest BCUT2D eigenvalue weighted by molar-refractivity contribution is 5.73. The number of aryl methyl sites for hydroxylation is 1. The number of methoxy groups -OCH3 is 1. The molecule has 0 aliphatic heterocycles. The van der Waals surface area contributed by atoms with Crippen molar-refractivity contribution in [2.75, 3.05) is 13.7 Å². The SMILES string of the molecule is COCC(NCc1ncn(C)n1)C(=O)O. The van der Waals surface area contributed by atoms with Crippen molar-refractivity contribution >= 4 is 5.97 Å². The maximum atomic E-state index is 10.7. The quantitative estimate of drug-likeness (QED) is 0.631. The molecule has 84 valence electrons. The first-order valence-corrected chi connectivity index (χ1v) is 4.43. The van der Waals surface area contributed by atoms with Crippen LogP contribution in [0.25, 0.3) is 0 Å². The summed E-state index contributed by atoms with van der Waals surface area (Å²) in [7, 11) is 3.21. The summed E-state index contributed by atoms with van der Waals surface area (Å²) in [6, 6.07) is -0.737. The lowest BCUT2D eigenvalue weighted by molar-refractivity contribution is -0.140. The molecule has 15 heavy (non-hydrogen) atoms. The number of carboxylic acids is 1. The summed E-state index contributed by atoms with van der Waals surface area (Å²) in [5, 5.41) is 15.6. The Hall–Kier alpha value is -1.47. The van der Waals surface area contributed by atoms with Crippen LogP contribution in [-0.2, 0) is 23.1 Å². The molecule has 0 amide bonds. The number of carbonyl (C=O) groups is 1. The molecule has 1 unspecified atom stereocenters. The van der Waals surface area contributed by atoms with Gasteiger partial charge in [-0.1, -0.05) is 0 Å². The summed E-state index contributed by atoms with van der Waals surface area (Å²) in [6.07, 6.45) is 1.56. The first-order valence-electron chi connectivity index (χ1n) is 4.43. The van der Waals surface area contributed by atoms with Gasteiger partial charge >= 0.3 is 5.97 Å². The second-order valence-electron chi connectivity index (χ2n) is 3.06. The van der Waals surface area contributed by atoms with Crippen molar-refractivity contribution in [3.8, 4) is 0 Å². The highest BCUT2D eigenvalue weighted by atomic mass is 16.5. The van der Waals surface area contributed by atoms with Gasteiger partial charge in [-0.05, 0) is 0 Å². The molecular weight excluding hydrogens is 200 g/mol. The van der Waals surface area contributed by atoms with Gasteiger partial charge in [-0.15, -0.1) is 0 Å². The first kappa shape index (κ1) is 11.6. The van der Waals surface area contributed by atoms with Crippen molar-refractivity contribution in [3.05, 3.63) is 12.2 Å². The fourth-order valence-electron chi connectivity index (χ4n) is 1.06. The minimum atomic E-state index is -0.951. The van der Waals surface area contributed by atoms with Crippen LogP contribution in [0.15, 0.2) is 6.33 Å². The summed E-state index contributed by atoms with van der Waals surface area (Å²) in [5.41, 5.74) is 0. The van der Waals surface area contributed by atoms with Crippen LogP contribution in [0.4, 0.5) is 0 Å². The molecular formula is C8H14N4O3.